The Bertz CT molecular complexity index is 176. The zero-order valence-electron chi connectivity index (χ0n) is 5.83. The van der Waals surface area contributed by atoms with Crippen molar-refractivity contribution in [3.8, 4) is 0 Å². The summed E-state index contributed by atoms with van der Waals surface area (Å²) in [6.45, 7) is 3.44. The smallest absolute Gasteiger partial charge is 0.394 e. The second-order valence-corrected chi connectivity index (χ2v) is 2.81. The minimum absolute atomic E-state index is 0.167. The summed E-state index contributed by atoms with van der Waals surface area (Å²) in [5.41, 5.74) is 0. The summed E-state index contributed by atoms with van der Waals surface area (Å²) < 4.78 is 46.7. The molecule has 1 N–H and O–H groups in total. The Kier molecular flexibility index (Phi) is 6.43. The van der Waals surface area contributed by atoms with Gasteiger partial charge < -0.3 is 5.11 Å². The van der Waals surface area contributed by atoms with E-state index in [1.165, 1.54) is 0 Å². The molecule has 4 nitrogen and oxygen atoms in total. The molecular formula is C3H8F3NO3S. The molecule has 70 valence electrons. The van der Waals surface area contributed by atoms with Gasteiger partial charge in [0.15, 0.2) is 4.75 Å². The highest BCUT2D eigenvalue weighted by Gasteiger charge is 2.18. The number of aliphatic hydroxyl groups excluding tert-OH is 1. The van der Waals surface area contributed by atoms with Crippen LogP contribution < -0.4 is 0 Å². The number of hydrogen-bond donors (Lipinski definition) is 1. The first kappa shape index (κ1) is 13.3. The van der Waals surface area contributed by atoms with E-state index >= 15 is 0 Å². The molecule has 0 fully saturated rings. The fraction of sp³-hybridized carbons (Fsp3) is 1.00. The lowest BCUT2D eigenvalue weighted by Gasteiger charge is -1.85. The van der Waals surface area contributed by atoms with Gasteiger partial charge in [-0.3, -0.25) is 0 Å². The standard InChI is InChI=1S/C3H8O.F3NO2S/c1-3(2)4;1-4(2)7(3,5)6/h3-4H,1-2H3;. The first-order valence-corrected chi connectivity index (χ1v) is 3.76. The Morgan fingerprint density at radius 1 is 1.36 bits per heavy atom. The quantitative estimate of drug-likeness (QED) is 0.494. The molecule has 0 aliphatic rings. The third-order valence-electron chi connectivity index (χ3n) is 0.165. The van der Waals surface area contributed by atoms with Gasteiger partial charge in [-0.05, 0) is 13.8 Å². The number of rotatable bonds is 1. The van der Waals surface area contributed by atoms with E-state index in [1.807, 2.05) is 0 Å². The van der Waals surface area contributed by atoms with Crippen LogP contribution in [0.15, 0.2) is 0 Å². The summed E-state index contributed by atoms with van der Waals surface area (Å²) >= 11 is 0. The van der Waals surface area contributed by atoms with E-state index in [0.29, 0.717) is 0 Å². The number of halogens is 3. The number of hydrogen-bond acceptors (Lipinski definition) is 3. The fourth-order valence-corrected chi connectivity index (χ4v) is 0. The summed E-state index contributed by atoms with van der Waals surface area (Å²) in [4.78, 5) is 0. The second-order valence-electron chi connectivity index (χ2n) is 1.71. The zero-order chi connectivity index (χ0) is 9.65. The number of aliphatic hydroxyl groups is 1. The Labute approximate surface area is 62.5 Å². The molecule has 0 atom stereocenters. The maximum atomic E-state index is 10.7. The van der Waals surface area contributed by atoms with Crippen LogP contribution in [0.3, 0.4) is 0 Å². The fourth-order valence-electron chi connectivity index (χ4n) is 0. The van der Waals surface area contributed by atoms with Crippen molar-refractivity contribution in [3.05, 3.63) is 0 Å². The average Bonchev–Trinajstić information content (AvgIpc) is 1.59. The molecular weight excluding hydrogens is 187 g/mol. The Morgan fingerprint density at radius 2 is 1.45 bits per heavy atom. The van der Waals surface area contributed by atoms with Crippen LogP contribution in [-0.4, -0.2) is 24.4 Å². The van der Waals surface area contributed by atoms with Crippen molar-refractivity contribution in [2.24, 2.45) is 0 Å². The molecule has 0 aromatic heterocycles. The van der Waals surface area contributed by atoms with Crippen molar-refractivity contribution >= 4 is 10.4 Å². The zero-order valence-corrected chi connectivity index (χ0v) is 6.65. The predicted octanol–water partition coefficient (Wildman–Crippen LogP) is 0.659. The normalized spacial score (nSPS) is 11.3. The van der Waals surface area contributed by atoms with Gasteiger partial charge in [-0.2, -0.15) is 8.42 Å². The van der Waals surface area contributed by atoms with Crippen LogP contribution in [0.4, 0.5) is 12.8 Å². The van der Waals surface area contributed by atoms with Crippen molar-refractivity contribution in [2.45, 2.75) is 20.0 Å². The second kappa shape index (κ2) is 5.33. The molecule has 0 heterocycles. The summed E-state index contributed by atoms with van der Waals surface area (Å²) in [6, 6.07) is 0. The average molecular weight is 195 g/mol. The van der Waals surface area contributed by atoms with Crippen molar-refractivity contribution in [1.29, 1.82) is 0 Å². The van der Waals surface area contributed by atoms with Gasteiger partial charge in [-0.1, -0.05) is 12.8 Å². The molecule has 0 rings (SSSR count). The summed E-state index contributed by atoms with van der Waals surface area (Å²) in [5, 5.41) is 8.06. The monoisotopic (exact) mass is 195 g/mol. The van der Waals surface area contributed by atoms with Crippen LogP contribution in [0.5, 0.6) is 0 Å². The van der Waals surface area contributed by atoms with Crippen LogP contribution in [-0.2, 0) is 10.4 Å². The van der Waals surface area contributed by atoms with Crippen LogP contribution in [0.2, 0.25) is 0 Å². The van der Waals surface area contributed by atoms with E-state index < -0.39 is 15.2 Å². The minimum atomic E-state index is -5.74. The van der Waals surface area contributed by atoms with E-state index in [2.05, 4.69) is 0 Å². The third-order valence-corrected chi connectivity index (χ3v) is 0.495. The predicted molar refractivity (Wildman–Crippen MR) is 31.4 cm³/mol. The van der Waals surface area contributed by atoms with E-state index in [-0.39, 0.29) is 6.10 Å². The lowest BCUT2D eigenvalue weighted by atomic mass is 10.5. The highest BCUT2D eigenvalue weighted by atomic mass is 32.3. The van der Waals surface area contributed by atoms with E-state index in [0.717, 1.165) is 0 Å². The topological polar surface area (TPSA) is 57.6 Å². The highest BCUT2D eigenvalue weighted by Crippen LogP contribution is 2.01. The van der Waals surface area contributed by atoms with Gasteiger partial charge in [0.25, 0.3) is 0 Å². The molecule has 0 aromatic carbocycles. The van der Waals surface area contributed by atoms with Crippen LogP contribution in [0, 0.1) is 0 Å². The van der Waals surface area contributed by atoms with Crippen molar-refractivity contribution in [2.75, 3.05) is 0 Å². The molecule has 0 saturated carbocycles. The first-order chi connectivity index (χ1) is 4.68. The van der Waals surface area contributed by atoms with Gasteiger partial charge >= 0.3 is 10.4 Å². The molecule has 0 amide bonds. The third kappa shape index (κ3) is 17.7. The summed E-state index contributed by atoms with van der Waals surface area (Å²) in [7, 11) is -5.74. The molecule has 0 aliphatic carbocycles. The van der Waals surface area contributed by atoms with Gasteiger partial charge in [0.05, 0.1) is 0 Å². The lowest BCUT2D eigenvalue weighted by molar-refractivity contribution is -0.0591. The molecule has 0 aliphatic heterocycles. The molecule has 8 heteroatoms. The maximum absolute atomic E-state index is 10.7. The van der Waals surface area contributed by atoms with Gasteiger partial charge in [0.1, 0.15) is 0 Å². The van der Waals surface area contributed by atoms with E-state index in [9.17, 15) is 12.8 Å². The minimum Gasteiger partial charge on any atom is -0.394 e. The number of nitrogens with zero attached hydrogens (tertiary/aromatic N) is 1. The molecule has 0 saturated heterocycles. The largest absolute Gasteiger partial charge is 0.430 e. The summed E-state index contributed by atoms with van der Waals surface area (Å²) in [6.07, 6.45) is -0.167. The van der Waals surface area contributed by atoms with E-state index in [1.54, 1.807) is 13.8 Å². The first-order valence-electron chi connectivity index (χ1n) is 2.42. The van der Waals surface area contributed by atoms with Crippen molar-refractivity contribution in [1.82, 2.24) is 4.75 Å². The van der Waals surface area contributed by atoms with Crippen LogP contribution >= 0.6 is 0 Å². The molecule has 0 aromatic rings. The maximum Gasteiger partial charge on any atom is 0.430 e. The van der Waals surface area contributed by atoms with Crippen LogP contribution in [0.1, 0.15) is 13.8 Å². The van der Waals surface area contributed by atoms with Gasteiger partial charge in [0.2, 0.25) is 0 Å². The Morgan fingerprint density at radius 3 is 1.45 bits per heavy atom. The Hall–Kier alpha value is -0.340. The molecule has 11 heavy (non-hydrogen) atoms. The van der Waals surface area contributed by atoms with Crippen molar-refractivity contribution in [3.63, 3.8) is 0 Å². The van der Waals surface area contributed by atoms with Crippen molar-refractivity contribution < 1.29 is 26.4 Å². The summed E-state index contributed by atoms with van der Waals surface area (Å²) in [5.74, 6) is 0. The van der Waals surface area contributed by atoms with Gasteiger partial charge in [-0.25, -0.2) is 0 Å². The van der Waals surface area contributed by atoms with Gasteiger partial charge in [0, 0.05) is 6.10 Å². The lowest BCUT2D eigenvalue weighted by Crippen LogP contribution is -2.06. The molecule has 0 bridgehead atoms. The molecule has 0 spiro atoms. The molecule has 0 radical (unpaired) electrons. The SMILES string of the molecule is CC(C)O.O=S(=O)(F)N(F)F. The highest BCUT2D eigenvalue weighted by molar-refractivity contribution is 7.83. The molecule has 0 unspecified atom stereocenters. The van der Waals surface area contributed by atoms with Gasteiger partial charge in [-0.15, -0.1) is 0 Å². The van der Waals surface area contributed by atoms with E-state index in [4.69, 9.17) is 13.5 Å². The Balaban J connectivity index is 0. The van der Waals surface area contributed by atoms with Crippen LogP contribution in [0.25, 0.3) is 0 Å².